The van der Waals surface area contributed by atoms with Gasteiger partial charge in [0.1, 0.15) is 6.61 Å². The molecule has 1 aromatic heterocycles. The number of nitrogens with zero attached hydrogens (tertiary/aromatic N) is 1. The fourth-order valence-electron chi connectivity index (χ4n) is 0.912. The van der Waals surface area contributed by atoms with Crippen LogP contribution in [0.25, 0.3) is 0 Å². The fraction of sp³-hybridized carbons (Fsp3) is 0.222. The Morgan fingerprint density at radius 3 is 3.17 bits per heavy atom. The predicted octanol–water partition coefficient (Wildman–Crippen LogP) is 1.05. The third-order valence-electron chi connectivity index (χ3n) is 1.56. The van der Waals surface area contributed by atoms with E-state index in [1.165, 1.54) is 10.8 Å². The van der Waals surface area contributed by atoms with Crippen molar-refractivity contribution in [3.63, 3.8) is 0 Å². The van der Waals surface area contributed by atoms with Gasteiger partial charge < -0.3 is 9.30 Å². The Morgan fingerprint density at radius 1 is 1.75 bits per heavy atom. The lowest BCUT2D eigenvalue weighted by Gasteiger charge is -2.01. The van der Waals surface area contributed by atoms with Gasteiger partial charge in [-0.1, -0.05) is 6.58 Å². The summed E-state index contributed by atoms with van der Waals surface area (Å²) in [4.78, 5) is 11.3. The van der Waals surface area contributed by atoms with Gasteiger partial charge in [-0.25, -0.2) is 0 Å². The summed E-state index contributed by atoms with van der Waals surface area (Å²) in [5.74, 6) is 0. The third kappa shape index (κ3) is 1.75. The summed E-state index contributed by atoms with van der Waals surface area (Å²) in [6, 6.07) is 3.55. The third-order valence-corrected chi connectivity index (χ3v) is 1.56. The second-order valence-electron chi connectivity index (χ2n) is 2.43. The maximum Gasteiger partial charge on any atom is 0.256 e. The molecule has 0 saturated heterocycles. The molecule has 0 aliphatic rings. The minimum atomic E-state index is -0.0284. The van der Waals surface area contributed by atoms with Crippen LogP contribution >= 0.6 is 0 Å². The molecule has 0 radical (unpaired) electrons. The van der Waals surface area contributed by atoms with Crippen LogP contribution in [0, 0.1) is 0 Å². The molecule has 1 heterocycles. The van der Waals surface area contributed by atoms with Crippen LogP contribution in [-0.4, -0.2) is 4.57 Å². The Morgan fingerprint density at radius 2 is 2.50 bits per heavy atom. The largest absolute Gasteiger partial charge is 0.497 e. The molecular formula is C9H11NO2. The molecule has 3 heteroatoms. The van der Waals surface area contributed by atoms with E-state index in [2.05, 4.69) is 6.58 Å². The fourth-order valence-corrected chi connectivity index (χ4v) is 0.912. The van der Waals surface area contributed by atoms with Gasteiger partial charge in [0, 0.05) is 13.2 Å². The number of hydrogen-bond acceptors (Lipinski definition) is 2. The number of hydrogen-bond donors (Lipinski definition) is 0. The van der Waals surface area contributed by atoms with Crippen LogP contribution in [0.4, 0.5) is 0 Å². The molecule has 0 N–H and O–H groups in total. The first-order valence-corrected chi connectivity index (χ1v) is 3.62. The predicted molar refractivity (Wildman–Crippen MR) is 46.7 cm³/mol. The monoisotopic (exact) mass is 165 g/mol. The van der Waals surface area contributed by atoms with E-state index in [4.69, 9.17) is 4.74 Å². The second kappa shape index (κ2) is 3.76. The van der Waals surface area contributed by atoms with Gasteiger partial charge in [-0.15, -0.1) is 0 Å². The molecule has 0 saturated carbocycles. The van der Waals surface area contributed by atoms with E-state index < -0.39 is 0 Å². The molecule has 0 atom stereocenters. The average molecular weight is 165 g/mol. The molecule has 64 valence electrons. The van der Waals surface area contributed by atoms with Crippen molar-refractivity contribution >= 4 is 0 Å². The van der Waals surface area contributed by atoms with Crippen LogP contribution < -0.4 is 5.56 Å². The zero-order valence-electron chi connectivity index (χ0n) is 6.99. The highest BCUT2D eigenvalue weighted by atomic mass is 16.5. The Balaban J connectivity index is 2.92. The van der Waals surface area contributed by atoms with E-state index in [1.807, 2.05) is 6.07 Å². The van der Waals surface area contributed by atoms with Crippen molar-refractivity contribution in [3.8, 4) is 0 Å². The molecule has 0 aliphatic carbocycles. The summed E-state index contributed by atoms with van der Waals surface area (Å²) in [5.41, 5.74) is 0.610. The Hall–Kier alpha value is -1.51. The first-order chi connectivity index (χ1) is 5.75. The zero-order chi connectivity index (χ0) is 8.97. The van der Waals surface area contributed by atoms with Gasteiger partial charge in [0.05, 0.1) is 11.8 Å². The molecular weight excluding hydrogens is 154 g/mol. The number of rotatable bonds is 3. The Labute approximate surface area is 70.9 Å². The number of aromatic nitrogens is 1. The Kier molecular flexibility index (Phi) is 2.69. The quantitative estimate of drug-likeness (QED) is 0.627. The van der Waals surface area contributed by atoms with Crippen molar-refractivity contribution in [2.45, 2.75) is 6.61 Å². The van der Waals surface area contributed by atoms with E-state index in [0.717, 1.165) is 0 Å². The maximum absolute atomic E-state index is 11.3. The number of aryl methyl sites for hydroxylation is 1. The minimum absolute atomic E-state index is 0.0284. The van der Waals surface area contributed by atoms with Crippen molar-refractivity contribution in [1.29, 1.82) is 0 Å². The first kappa shape index (κ1) is 8.59. The molecule has 1 rings (SSSR count). The normalized spacial score (nSPS) is 9.42. The highest BCUT2D eigenvalue weighted by molar-refractivity contribution is 5.08. The lowest BCUT2D eigenvalue weighted by Crippen LogP contribution is -2.19. The highest BCUT2D eigenvalue weighted by Gasteiger charge is 1.98. The Bertz CT molecular complexity index is 328. The highest BCUT2D eigenvalue weighted by Crippen LogP contribution is 1.93. The lowest BCUT2D eigenvalue weighted by molar-refractivity contribution is 0.236. The molecule has 0 unspecified atom stereocenters. The molecule has 0 bridgehead atoms. The van der Waals surface area contributed by atoms with Crippen molar-refractivity contribution in [2.24, 2.45) is 7.05 Å². The van der Waals surface area contributed by atoms with Crippen molar-refractivity contribution in [3.05, 3.63) is 47.1 Å². The van der Waals surface area contributed by atoms with Crippen molar-refractivity contribution in [2.75, 3.05) is 0 Å². The van der Waals surface area contributed by atoms with Crippen LogP contribution in [0.1, 0.15) is 5.56 Å². The molecule has 0 aliphatic heterocycles. The van der Waals surface area contributed by atoms with E-state index in [-0.39, 0.29) is 12.2 Å². The average Bonchev–Trinajstić information content (AvgIpc) is 2.08. The van der Waals surface area contributed by atoms with E-state index in [1.54, 1.807) is 19.3 Å². The summed E-state index contributed by atoms with van der Waals surface area (Å²) >= 11 is 0. The molecule has 3 nitrogen and oxygen atoms in total. The van der Waals surface area contributed by atoms with Crippen LogP contribution in [0.15, 0.2) is 36.0 Å². The van der Waals surface area contributed by atoms with Gasteiger partial charge in [0.25, 0.3) is 5.56 Å². The van der Waals surface area contributed by atoms with Crippen molar-refractivity contribution in [1.82, 2.24) is 4.57 Å². The van der Waals surface area contributed by atoms with Gasteiger partial charge >= 0.3 is 0 Å². The van der Waals surface area contributed by atoms with E-state index in [0.29, 0.717) is 5.56 Å². The summed E-state index contributed by atoms with van der Waals surface area (Å²) in [7, 11) is 1.71. The second-order valence-corrected chi connectivity index (χ2v) is 2.43. The standard InChI is InChI=1S/C9H11NO2/c1-3-12-7-8-5-4-6-10(2)9(8)11/h3-6H,1,7H2,2H3. The van der Waals surface area contributed by atoms with Crippen molar-refractivity contribution < 1.29 is 4.74 Å². The van der Waals surface area contributed by atoms with Crippen LogP contribution in [0.3, 0.4) is 0 Å². The van der Waals surface area contributed by atoms with E-state index >= 15 is 0 Å². The number of pyridine rings is 1. The SMILES string of the molecule is C=COCc1cccn(C)c1=O. The molecule has 1 aromatic rings. The summed E-state index contributed by atoms with van der Waals surface area (Å²) in [5, 5.41) is 0. The van der Waals surface area contributed by atoms with Crippen LogP contribution in [-0.2, 0) is 18.4 Å². The first-order valence-electron chi connectivity index (χ1n) is 3.62. The van der Waals surface area contributed by atoms with Gasteiger partial charge in [0.2, 0.25) is 0 Å². The molecule has 0 spiro atoms. The zero-order valence-corrected chi connectivity index (χ0v) is 6.99. The van der Waals surface area contributed by atoms with E-state index in [9.17, 15) is 4.79 Å². The van der Waals surface area contributed by atoms with Gasteiger partial charge in [-0.05, 0) is 12.1 Å². The van der Waals surface area contributed by atoms with Gasteiger partial charge in [-0.2, -0.15) is 0 Å². The topological polar surface area (TPSA) is 31.2 Å². The van der Waals surface area contributed by atoms with Crippen LogP contribution in [0.5, 0.6) is 0 Å². The molecule has 12 heavy (non-hydrogen) atoms. The van der Waals surface area contributed by atoms with Crippen LogP contribution in [0.2, 0.25) is 0 Å². The maximum atomic E-state index is 11.3. The number of ether oxygens (including phenoxy) is 1. The summed E-state index contributed by atoms with van der Waals surface area (Å²) in [6.07, 6.45) is 3.03. The minimum Gasteiger partial charge on any atom is -0.497 e. The molecule has 0 aromatic carbocycles. The molecule has 0 amide bonds. The smallest absolute Gasteiger partial charge is 0.256 e. The summed E-state index contributed by atoms with van der Waals surface area (Å²) in [6.45, 7) is 3.69. The van der Waals surface area contributed by atoms with Gasteiger partial charge in [0.15, 0.2) is 0 Å². The summed E-state index contributed by atoms with van der Waals surface area (Å²) < 4.78 is 6.42. The lowest BCUT2D eigenvalue weighted by atomic mass is 10.3. The van der Waals surface area contributed by atoms with Gasteiger partial charge in [-0.3, -0.25) is 4.79 Å². The molecule has 0 fully saturated rings.